The van der Waals surface area contributed by atoms with Crippen molar-refractivity contribution in [2.45, 2.75) is 13.1 Å². The molecule has 0 saturated heterocycles. The Morgan fingerprint density at radius 2 is 1.86 bits per heavy atom. The highest BCUT2D eigenvalue weighted by atomic mass is 79.9. The number of hydrogen-bond acceptors (Lipinski definition) is 2. The van der Waals surface area contributed by atoms with Gasteiger partial charge in [0.25, 0.3) is 0 Å². The van der Waals surface area contributed by atoms with E-state index in [1.165, 1.54) is 6.07 Å². The molecular formula is C21H21BrClFN4. The van der Waals surface area contributed by atoms with Crippen LogP contribution >= 0.6 is 11.6 Å². The number of halogens is 3. The number of rotatable bonds is 3. The van der Waals surface area contributed by atoms with Gasteiger partial charge in [0.05, 0.1) is 39.1 Å². The Morgan fingerprint density at radius 3 is 2.57 bits per heavy atom. The predicted molar refractivity (Wildman–Crippen MR) is 106 cm³/mol. The van der Waals surface area contributed by atoms with Gasteiger partial charge in [-0.05, 0) is 30.3 Å². The summed E-state index contributed by atoms with van der Waals surface area (Å²) in [7, 11) is 6.39. The van der Waals surface area contributed by atoms with Crippen molar-refractivity contribution < 1.29 is 25.9 Å². The molecule has 1 aliphatic rings. The molecule has 0 unspecified atom stereocenters. The smallest absolute Gasteiger partial charge is 0.135 e. The second kappa shape index (κ2) is 7.78. The first-order valence-corrected chi connectivity index (χ1v) is 9.17. The van der Waals surface area contributed by atoms with Crippen molar-refractivity contribution in [3.8, 4) is 5.69 Å². The topological polar surface area (TPSA) is 30.2 Å². The maximum Gasteiger partial charge on any atom is 0.135 e. The number of hydrogen-bond donors (Lipinski definition) is 0. The van der Waals surface area contributed by atoms with Crippen LogP contribution in [0.4, 0.5) is 4.39 Å². The van der Waals surface area contributed by atoms with Crippen LogP contribution in [0.1, 0.15) is 22.6 Å². The summed E-state index contributed by atoms with van der Waals surface area (Å²) in [6.07, 6.45) is 2.05. The van der Waals surface area contributed by atoms with Crippen LogP contribution in [0, 0.1) is 5.82 Å². The molecule has 7 heteroatoms. The van der Waals surface area contributed by atoms with Gasteiger partial charge in [0.15, 0.2) is 0 Å². The second-order valence-electron chi connectivity index (χ2n) is 7.77. The summed E-state index contributed by atoms with van der Waals surface area (Å²) >= 11 is 6.27. The van der Waals surface area contributed by atoms with Crippen LogP contribution in [0.15, 0.2) is 53.7 Å². The molecule has 4 rings (SSSR count). The molecule has 0 amide bonds. The number of imidazole rings is 1. The van der Waals surface area contributed by atoms with Crippen molar-refractivity contribution >= 4 is 17.3 Å². The van der Waals surface area contributed by atoms with Crippen LogP contribution in [0.3, 0.4) is 0 Å². The highest BCUT2D eigenvalue weighted by Gasteiger charge is 2.23. The number of nitrogens with zero attached hydrogens (tertiary/aromatic N) is 4. The van der Waals surface area contributed by atoms with E-state index in [0.29, 0.717) is 22.8 Å². The summed E-state index contributed by atoms with van der Waals surface area (Å²) in [6.45, 7) is 1.19. The maximum atomic E-state index is 14.5. The van der Waals surface area contributed by atoms with E-state index in [1.807, 2.05) is 35.0 Å². The molecule has 0 bridgehead atoms. The average molecular weight is 464 g/mol. The summed E-state index contributed by atoms with van der Waals surface area (Å²) in [4.78, 5) is 9.50. The molecule has 0 spiro atoms. The monoisotopic (exact) mass is 462 g/mol. The number of quaternary nitrogens is 1. The zero-order valence-electron chi connectivity index (χ0n) is 16.0. The molecule has 2 aromatic carbocycles. The van der Waals surface area contributed by atoms with Crippen LogP contribution in [0.25, 0.3) is 5.69 Å². The highest BCUT2D eigenvalue weighted by molar-refractivity contribution is 6.31. The number of aromatic nitrogens is 2. The fourth-order valence-corrected chi connectivity index (χ4v) is 3.55. The number of fused-ring (bicyclic) bond motifs is 3. The average Bonchev–Trinajstić information content (AvgIpc) is 2.91. The van der Waals surface area contributed by atoms with Gasteiger partial charge in [-0.1, -0.05) is 23.7 Å². The minimum atomic E-state index is -0.299. The Bertz CT molecular complexity index is 1050. The normalized spacial score (nSPS) is 13.1. The summed E-state index contributed by atoms with van der Waals surface area (Å²) < 4.78 is 17.3. The zero-order chi connectivity index (χ0) is 19.2. The Morgan fingerprint density at radius 1 is 1.11 bits per heavy atom. The molecule has 0 aliphatic carbocycles. The molecule has 2 heterocycles. The largest absolute Gasteiger partial charge is 1.00 e. The van der Waals surface area contributed by atoms with Gasteiger partial charge in [-0.3, -0.25) is 4.99 Å². The van der Waals surface area contributed by atoms with Gasteiger partial charge in [-0.15, -0.1) is 0 Å². The molecule has 28 heavy (non-hydrogen) atoms. The molecule has 3 aromatic rings. The molecule has 1 aromatic heterocycles. The number of benzene rings is 2. The fraction of sp³-hybridized carbons (Fsp3) is 0.238. The molecule has 0 saturated carbocycles. The predicted octanol–water partition coefficient (Wildman–Crippen LogP) is 1.23. The standard InChI is InChI=1S/C21H21ClFN4.BrH/c1-27(2,3)13-15-12-26-19-9-8-14(22)10-17(19)21(24-11-20(26)25-15)16-6-4-5-7-18(16)23;/h4-10,12H,11,13H2,1-3H3;1H/q+1;/p-1. The first kappa shape index (κ1) is 20.7. The Labute approximate surface area is 179 Å². The minimum Gasteiger partial charge on any atom is -1.00 e. The molecule has 0 radical (unpaired) electrons. The molecule has 146 valence electrons. The lowest BCUT2D eigenvalue weighted by Gasteiger charge is -2.22. The third-order valence-corrected chi connectivity index (χ3v) is 4.68. The summed E-state index contributed by atoms with van der Waals surface area (Å²) in [5.41, 5.74) is 3.79. The third-order valence-electron chi connectivity index (χ3n) is 4.45. The van der Waals surface area contributed by atoms with E-state index in [2.05, 4.69) is 21.1 Å². The van der Waals surface area contributed by atoms with E-state index < -0.39 is 0 Å². The van der Waals surface area contributed by atoms with Crippen LogP contribution in [0.5, 0.6) is 0 Å². The van der Waals surface area contributed by atoms with Crippen molar-refractivity contribution in [2.75, 3.05) is 21.1 Å². The van der Waals surface area contributed by atoms with Gasteiger partial charge < -0.3 is 26.0 Å². The van der Waals surface area contributed by atoms with Crippen molar-refractivity contribution in [1.82, 2.24) is 9.55 Å². The van der Waals surface area contributed by atoms with Gasteiger partial charge in [-0.2, -0.15) is 0 Å². The minimum absolute atomic E-state index is 0. The van der Waals surface area contributed by atoms with E-state index in [4.69, 9.17) is 21.6 Å². The second-order valence-corrected chi connectivity index (χ2v) is 8.21. The van der Waals surface area contributed by atoms with Crippen molar-refractivity contribution in [3.05, 3.63) is 82.1 Å². The summed E-state index contributed by atoms with van der Waals surface area (Å²) in [6, 6.07) is 12.3. The molecule has 1 aliphatic heterocycles. The molecular weight excluding hydrogens is 443 g/mol. The van der Waals surface area contributed by atoms with Gasteiger partial charge in [0, 0.05) is 22.3 Å². The van der Waals surface area contributed by atoms with Gasteiger partial charge >= 0.3 is 0 Å². The van der Waals surface area contributed by atoms with E-state index >= 15 is 0 Å². The van der Waals surface area contributed by atoms with Crippen molar-refractivity contribution in [3.63, 3.8) is 0 Å². The highest BCUT2D eigenvalue weighted by Crippen LogP contribution is 2.29. The van der Waals surface area contributed by atoms with Gasteiger partial charge in [0.2, 0.25) is 0 Å². The summed E-state index contributed by atoms with van der Waals surface area (Å²) in [5, 5.41) is 0.591. The lowest BCUT2D eigenvalue weighted by Crippen LogP contribution is -3.00. The molecule has 0 atom stereocenters. The van der Waals surface area contributed by atoms with Crippen molar-refractivity contribution in [2.24, 2.45) is 4.99 Å². The van der Waals surface area contributed by atoms with E-state index in [9.17, 15) is 4.39 Å². The van der Waals surface area contributed by atoms with E-state index in [1.54, 1.807) is 12.1 Å². The Hall–Kier alpha value is -2.02. The van der Waals surface area contributed by atoms with E-state index in [-0.39, 0.29) is 22.8 Å². The zero-order valence-corrected chi connectivity index (χ0v) is 18.3. The molecule has 0 N–H and O–H groups in total. The first-order chi connectivity index (χ1) is 12.8. The van der Waals surface area contributed by atoms with Crippen LogP contribution in [-0.4, -0.2) is 40.9 Å². The Balaban J connectivity index is 0.00000225. The van der Waals surface area contributed by atoms with Crippen LogP contribution in [0.2, 0.25) is 5.02 Å². The number of aliphatic imine (C=N–C) groups is 1. The van der Waals surface area contributed by atoms with E-state index in [0.717, 1.165) is 33.8 Å². The third kappa shape index (κ3) is 4.04. The van der Waals surface area contributed by atoms with Crippen molar-refractivity contribution in [1.29, 1.82) is 0 Å². The first-order valence-electron chi connectivity index (χ1n) is 8.79. The van der Waals surface area contributed by atoms with Crippen LogP contribution < -0.4 is 17.0 Å². The van der Waals surface area contributed by atoms with Gasteiger partial charge in [-0.25, -0.2) is 9.37 Å². The quantitative estimate of drug-likeness (QED) is 0.538. The molecule has 0 fully saturated rings. The SMILES string of the molecule is C[N+](C)(C)Cc1cn2c(n1)CN=C(c1ccccc1F)c1cc(Cl)ccc1-2.[Br-]. The lowest BCUT2D eigenvalue weighted by molar-refractivity contribution is -0.884. The lowest BCUT2D eigenvalue weighted by atomic mass is 10.00. The maximum absolute atomic E-state index is 14.5. The Kier molecular flexibility index (Phi) is 5.75. The van der Waals surface area contributed by atoms with Gasteiger partial charge in [0.1, 0.15) is 23.9 Å². The van der Waals surface area contributed by atoms with Crippen LogP contribution in [-0.2, 0) is 13.1 Å². The fourth-order valence-electron chi connectivity index (χ4n) is 3.38. The molecule has 4 nitrogen and oxygen atoms in total. The summed E-state index contributed by atoms with van der Waals surface area (Å²) in [5.74, 6) is 0.542.